The summed E-state index contributed by atoms with van der Waals surface area (Å²) in [6.07, 6.45) is 0. The lowest BCUT2D eigenvalue weighted by atomic mass is 10.3. The van der Waals surface area contributed by atoms with Gasteiger partial charge in [0, 0.05) is 16.7 Å². The molecule has 0 saturated heterocycles. The van der Waals surface area contributed by atoms with Crippen molar-refractivity contribution in [3.05, 3.63) is 32.5 Å². The third kappa shape index (κ3) is 2.44. The Morgan fingerprint density at radius 2 is 2.00 bits per heavy atom. The molecule has 0 fully saturated rings. The van der Waals surface area contributed by atoms with Crippen LogP contribution in [0.1, 0.15) is 0 Å². The third-order valence-electron chi connectivity index (χ3n) is 1.49. The molecule has 15 heavy (non-hydrogen) atoms. The topological polar surface area (TPSA) is 77.3 Å². The average Bonchev–Trinajstić information content (AvgIpc) is 2.06. The normalized spacial score (nSPS) is 11.4. The molecule has 0 N–H and O–H groups in total. The number of hydrogen-bond acceptors (Lipinski definition) is 4. The van der Waals surface area contributed by atoms with Gasteiger partial charge in [-0.15, -0.1) is 0 Å². The van der Waals surface area contributed by atoms with Crippen molar-refractivity contribution in [3.8, 4) is 0 Å². The summed E-state index contributed by atoms with van der Waals surface area (Å²) in [7, 11) is 0.838. The van der Waals surface area contributed by atoms with Crippen molar-refractivity contribution in [1.82, 2.24) is 0 Å². The Kier molecular flexibility index (Phi) is 3.31. The number of nitrogens with zero attached hydrogens (tertiary/aromatic N) is 1. The van der Waals surface area contributed by atoms with Crippen LogP contribution in [0.5, 0.6) is 0 Å². The molecule has 0 spiro atoms. The first-order valence-corrected chi connectivity index (χ1v) is 6.42. The summed E-state index contributed by atoms with van der Waals surface area (Å²) in [6, 6.07) is 1.59. The van der Waals surface area contributed by atoms with Crippen LogP contribution in [0.2, 0.25) is 0 Å². The summed E-state index contributed by atoms with van der Waals surface area (Å²) < 4.78 is 34.5. The van der Waals surface area contributed by atoms with E-state index in [0.717, 1.165) is 12.1 Å². The lowest BCUT2D eigenvalue weighted by Crippen LogP contribution is -1.99. The Hall–Kier alpha value is -0.730. The van der Waals surface area contributed by atoms with Gasteiger partial charge in [-0.2, -0.15) is 4.39 Å². The van der Waals surface area contributed by atoms with Crippen LogP contribution in [0.3, 0.4) is 0 Å². The van der Waals surface area contributed by atoms with E-state index in [2.05, 4.69) is 15.9 Å². The molecule has 1 aromatic carbocycles. The molecular weight excluding hydrogens is 316 g/mol. The van der Waals surface area contributed by atoms with Crippen molar-refractivity contribution < 1.29 is 17.7 Å². The van der Waals surface area contributed by atoms with Crippen LogP contribution < -0.4 is 0 Å². The van der Waals surface area contributed by atoms with Gasteiger partial charge in [0.25, 0.3) is 9.05 Å². The zero-order valence-corrected chi connectivity index (χ0v) is 9.94. The van der Waals surface area contributed by atoms with Gasteiger partial charge >= 0.3 is 5.69 Å². The summed E-state index contributed by atoms with van der Waals surface area (Å²) in [4.78, 5) is 8.78. The molecule has 0 amide bonds. The summed E-state index contributed by atoms with van der Waals surface area (Å²) >= 11 is 2.59. The maximum atomic E-state index is 13.2. The van der Waals surface area contributed by atoms with Crippen molar-refractivity contribution in [2.75, 3.05) is 0 Å². The summed E-state index contributed by atoms with van der Waals surface area (Å²) in [6.45, 7) is 0. The third-order valence-corrected chi connectivity index (χ3v) is 3.89. The quantitative estimate of drug-likeness (QED) is 0.476. The van der Waals surface area contributed by atoms with Crippen molar-refractivity contribution >= 4 is 41.4 Å². The Morgan fingerprint density at radius 1 is 1.47 bits per heavy atom. The SMILES string of the molecule is O=[N+]([O-])c1ccc(S(=O)(=O)Cl)c(Br)c1F. The number of nitro benzene ring substituents is 1. The van der Waals surface area contributed by atoms with E-state index in [4.69, 9.17) is 10.7 Å². The molecule has 0 atom stereocenters. The van der Waals surface area contributed by atoms with Crippen LogP contribution in [0.4, 0.5) is 10.1 Å². The first-order valence-electron chi connectivity index (χ1n) is 3.32. The Morgan fingerprint density at radius 3 is 2.40 bits per heavy atom. The first kappa shape index (κ1) is 12.3. The Balaban J connectivity index is 3.55. The van der Waals surface area contributed by atoms with E-state index in [0.29, 0.717) is 0 Å². The highest BCUT2D eigenvalue weighted by Gasteiger charge is 2.24. The fourth-order valence-electron chi connectivity index (χ4n) is 0.851. The molecule has 9 heteroatoms. The smallest absolute Gasteiger partial charge is 0.258 e. The molecule has 0 heterocycles. The van der Waals surface area contributed by atoms with Crippen LogP contribution in [0.15, 0.2) is 21.5 Å². The van der Waals surface area contributed by atoms with E-state index in [1.165, 1.54) is 0 Å². The molecule has 0 aliphatic rings. The highest BCUT2D eigenvalue weighted by molar-refractivity contribution is 9.10. The summed E-state index contributed by atoms with van der Waals surface area (Å²) in [5, 5.41) is 10.3. The second-order valence-electron chi connectivity index (χ2n) is 2.41. The van der Waals surface area contributed by atoms with Crippen LogP contribution in [-0.2, 0) is 9.05 Å². The van der Waals surface area contributed by atoms with Gasteiger partial charge in [-0.05, 0) is 22.0 Å². The van der Waals surface area contributed by atoms with Gasteiger partial charge in [0.1, 0.15) is 4.90 Å². The molecule has 0 aliphatic heterocycles. The fraction of sp³-hybridized carbons (Fsp3) is 0. The predicted octanol–water partition coefficient (Wildman–Crippen LogP) is 2.42. The Labute approximate surface area is 96.5 Å². The Bertz CT molecular complexity index is 532. The fourth-order valence-corrected chi connectivity index (χ4v) is 3.03. The van der Waals surface area contributed by atoms with Crippen molar-refractivity contribution in [2.45, 2.75) is 4.90 Å². The van der Waals surface area contributed by atoms with Gasteiger partial charge in [-0.3, -0.25) is 10.1 Å². The average molecular weight is 319 g/mol. The molecule has 5 nitrogen and oxygen atoms in total. The molecule has 0 bridgehead atoms. The lowest BCUT2D eigenvalue weighted by Gasteiger charge is -2.01. The second kappa shape index (κ2) is 4.03. The molecule has 0 saturated carbocycles. The van der Waals surface area contributed by atoms with E-state index in [9.17, 15) is 22.9 Å². The largest absolute Gasteiger partial charge is 0.306 e. The summed E-state index contributed by atoms with van der Waals surface area (Å²) in [5.41, 5.74) is -0.828. The van der Waals surface area contributed by atoms with Crippen LogP contribution in [-0.4, -0.2) is 13.3 Å². The molecule has 1 aromatic rings. The van der Waals surface area contributed by atoms with E-state index in [1.807, 2.05) is 0 Å². The minimum atomic E-state index is -4.14. The zero-order chi connectivity index (χ0) is 11.8. The molecular formula is C6H2BrClFNO4S. The highest BCUT2D eigenvalue weighted by Crippen LogP contribution is 2.32. The van der Waals surface area contributed by atoms with Gasteiger partial charge in [-0.1, -0.05) is 0 Å². The minimum absolute atomic E-state index is 0.549. The van der Waals surface area contributed by atoms with Crippen LogP contribution in [0, 0.1) is 15.9 Å². The van der Waals surface area contributed by atoms with Crippen molar-refractivity contribution in [1.29, 1.82) is 0 Å². The van der Waals surface area contributed by atoms with Crippen LogP contribution >= 0.6 is 26.6 Å². The molecule has 0 aliphatic carbocycles. The number of nitro groups is 1. The monoisotopic (exact) mass is 317 g/mol. The van der Waals surface area contributed by atoms with Gasteiger partial charge < -0.3 is 0 Å². The van der Waals surface area contributed by atoms with Gasteiger partial charge in [-0.25, -0.2) is 8.42 Å². The van der Waals surface area contributed by atoms with E-state index in [1.54, 1.807) is 0 Å². The molecule has 1 rings (SSSR count). The van der Waals surface area contributed by atoms with Gasteiger partial charge in [0.15, 0.2) is 0 Å². The standard InChI is InChI=1S/C6H2BrClFNO4S/c7-5-4(15(8,13)14)2-1-3(6(5)9)10(11)12/h1-2H. The number of halogens is 3. The molecule has 0 unspecified atom stereocenters. The van der Waals surface area contributed by atoms with Crippen LogP contribution in [0.25, 0.3) is 0 Å². The van der Waals surface area contributed by atoms with Gasteiger partial charge in [0.05, 0.1) is 9.40 Å². The number of benzene rings is 1. The maximum absolute atomic E-state index is 13.2. The second-order valence-corrected chi connectivity index (χ2v) is 5.73. The lowest BCUT2D eigenvalue weighted by molar-refractivity contribution is -0.387. The van der Waals surface area contributed by atoms with Crippen molar-refractivity contribution in [3.63, 3.8) is 0 Å². The molecule has 82 valence electrons. The highest BCUT2D eigenvalue weighted by atomic mass is 79.9. The van der Waals surface area contributed by atoms with E-state index >= 15 is 0 Å². The maximum Gasteiger partial charge on any atom is 0.306 e. The molecule has 0 aromatic heterocycles. The number of hydrogen-bond donors (Lipinski definition) is 0. The van der Waals surface area contributed by atoms with E-state index in [-0.39, 0.29) is 0 Å². The first-order chi connectivity index (χ1) is 6.75. The van der Waals surface area contributed by atoms with E-state index < -0.39 is 34.8 Å². The molecule has 0 radical (unpaired) electrons. The zero-order valence-electron chi connectivity index (χ0n) is 6.78. The minimum Gasteiger partial charge on any atom is -0.258 e. The summed E-state index contributed by atoms with van der Waals surface area (Å²) in [5.74, 6) is -1.28. The predicted molar refractivity (Wildman–Crippen MR) is 53.8 cm³/mol. The van der Waals surface area contributed by atoms with Gasteiger partial charge in [0.2, 0.25) is 5.82 Å². The number of rotatable bonds is 2. The van der Waals surface area contributed by atoms with Crippen molar-refractivity contribution in [2.24, 2.45) is 0 Å².